The molecular weight excluding hydrogens is 306 g/mol. The normalized spacial score (nSPS) is 10.3. The zero-order chi connectivity index (χ0) is 16.2. The minimum Gasteiger partial charge on any atom is -0.354 e. The minimum absolute atomic E-state index is 0.136. The Morgan fingerprint density at radius 2 is 2.00 bits per heavy atom. The summed E-state index contributed by atoms with van der Waals surface area (Å²) in [5.74, 6) is 0.401. The number of thiophene rings is 1. The lowest BCUT2D eigenvalue weighted by atomic mass is 10.1. The number of rotatable bonds is 4. The maximum absolute atomic E-state index is 12.0. The zero-order valence-electron chi connectivity index (χ0n) is 13.0. The van der Waals surface area contributed by atoms with Gasteiger partial charge in [0.15, 0.2) is 0 Å². The number of anilines is 3. The molecule has 0 spiro atoms. The van der Waals surface area contributed by atoms with Crippen molar-refractivity contribution in [2.24, 2.45) is 0 Å². The third kappa shape index (κ3) is 3.76. The Balaban J connectivity index is 1.70. The number of nitrogens with one attached hydrogen (secondary N) is 2. The summed E-state index contributed by atoms with van der Waals surface area (Å²) in [6.45, 7) is 4.12. The van der Waals surface area contributed by atoms with Gasteiger partial charge in [0.2, 0.25) is 0 Å². The molecule has 3 aromatic rings. The minimum atomic E-state index is -0.136. The molecule has 5 heteroatoms. The first kappa shape index (κ1) is 15.2. The monoisotopic (exact) mass is 323 g/mol. The summed E-state index contributed by atoms with van der Waals surface area (Å²) in [5, 5.41) is 8.01. The van der Waals surface area contributed by atoms with E-state index in [-0.39, 0.29) is 5.91 Å². The van der Waals surface area contributed by atoms with E-state index in [1.165, 1.54) is 22.5 Å². The molecule has 0 fully saturated rings. The number of nitrogens with zero attached hydrogens (tertiary/aromatic N) is 1. The number of carbonyl (C=O) groups excluding carboxylic acids is 1. The molecule has 0 aliphatic rings. The van der Waals surface area contributed by atoms with Crippen LogP contribution in [0.4, 0.5) is 17.2 Å². The maximum atomic E-state index is 12.0. The van der Waals surface area contributed by atoms with E-state index in [2.05, 4.69) is 47.7 Å². The van der Waals surface area contributed by atoms with Gasteiger partial charge < -0.3 is 10.6 Å². The predicted octanol–water partition coefficient (Wildman–Crippen LogP) is 4.76. The smallest absolute Gasteiger partial charge is 0.266 e. The van der Waals surface area contributed by atoms with Gasteiger partial charge in [-0.15, -0.1) is 11.3 Å². The van der Waals surface area contributed by atoms with Crippen molar-refractivity contribution in [1.82, 2.24) is 4.98 Å². The Morgan fingerprint density at radius 3 is 2.70 bits per heavy atom. The first-order chi connectivity index (χ1) is 11.1. The fourth-order valence-corrected chi connectivity index (χ4v) is 2.77. The number of aromatic nitrogens is 1. The average Bonchev–Trinajstić information content (AvgIpc) is 3.07. The summed E-state index contributed by atoms with van der Waals surface area (Å²) in [6, 6.07) is 13.6. The molecule has 0 saturated heterocycles. The van der Waals surface area contributed by atoms with Gasteiger partial charge in [0.05, 0.1) is 16.8 Å². The van der Waals surface area contributed by atoms with Crippen LogP contribution >= 0.6 is 11.3 Å². The van der Waals surface area contributed by atoms with Crippen molar-refractivity contribution < 1.29 is 4.79 Å². The molecule has 116 valence electrons. The Bertz CT molecular complexity index is 811. The molecule has 1 aromatic carbocycles. The van der Waals surface area contributed by atoms with Gasteiger partial charge in [0.1, 0.15) is 5.82 Å². The molecule has 0 radical (unpaired) electrons. The van der Waals surface area contributed by atoms with Gasteiger partial charge in [-0.1, -0.05) is 18.2 Å². The summed E-state index contributed by atoms with van der Waals surface area (Å²) >= 11 is 1.41. The molecule has 0 atom stereocenters. The molecule has 0 aliphatic heterocycles. The van der Waals surface area contributed by atoms with Crippen LogP contribution in [-0.4, -0.2) is 10.9 Å². The number of carbonyl (C=O) groups is 1. The van der Waals surface area contributed by atoms with Crippen LogP contribution in [0.2, 0.25) is 0 Å². The van der Waals surface area contributed by atoms with E-state index in [1.807, 2.05) is 17.5 Å². The second-order valence-corrected chi connectivity index (χ2v) is 6.25. The van der Waals surface area contributed by atoms with Crippen molar-refractivity contribution in [2.45, 2.75) is 13.8 Å². The SMILES string of the molecule is Cc1ccc(C)c(Nc2ccc(NC(=O)c3cccs3)nc2)c1. The van der Waals surface area contributed by atoms with E-state index >= 15 is 0 Å². The fourth-order valence-electron chi connectivity index (χ4n) is 2.15. The van der Waals surface area contributed by atoms with Crippen LogP contribution in [0.3, 0.4) is 0 Å². The van der Waals surface area contributed by atoms with Crippen LogP contribution in [0, 0.1) is 13.8 Å². The summed E-state index contributed by atoms with van der Waals surface area (Å²) in [4.78, 5) is 16.9. The molecule has 23 heavy (non-hydrogen) atoms. The lowest BCUT2D eigenvalue weighted by Crippen LogP contribution is -2.11. The highest BCUT2D eigenvalue weighted by Crippen LogP contribution is 2.22. The highest BCUT2D eigenvalue weighted by Gasteiger charge is 2.07. The average molecular weight is 323 g/mol. The second-order valence-electron chi connectivity index (χ2n) is 5.31. The van der Waals surface area contributed by atoms with Crippen molar-refractivity contribution in [3.05, 3.63) is 70.0 Å². The first-order valence-electron chi connectivity index (χ1n) is 7.27. The van der Waals surface area contributed by atoms with E-state index < -0.39 is 0 Å². The summed E-state index contributed by atoms with van der Waals surface area (Å²) in [7, 11) is 0. The van der Waals surface area contributed by atoms with Crippen molar-refractivity contribution >= 4 is 34.4 Å². The Hall–Kier alpha value is -2.66. The molecule has 0 unspecified atom stereocenters. The highest BCUT2D eigenvalue weighted by molar-refractivity contribution is 7.12. The van der Waals surface area contributed by atoms with Crippen molar-refractivity contribution in [3.8, 4) is 0 Å². The molecule has 0 aliphatic carbocycles. The van der Waals surface area contributed by atoms with Crippen molar-refractivity contribution in [1.29, 1.82) is 0 Å². The Morgan fingerprint density at radius 1 is 1.13 bits per heavy atom. The van der Waals surface area contributed by atoms with Crippen molar-refractivity contribution in [2.75, 3.05) is 10.6 Å². The van der Waals surface area contributed by atoms with E-state index in [0.29, 0.717) is 10.7 Å². The van der Waals surface area contributed by atoms with Crippen LogP contribution < -0.4 is 10.6 Å². The molecule has 0 saturated carbocycles. The number of pyridine rings is 1. The van der Waals surface area contributed by atoms with E-state index in [0.717, 1.165) is 11.4 Å². The van der Waals surface area contributed by atoms with Crippen LogP contribution in [0.1, 0.15) is 20.8 Å². The molecule has 2 N–H and O–H groups in total. The molecule has 1 amide bonds. The molecular formula is C18H17N3OS. The summed E-state index contributed by atoms with van der Waals surface area (Å²) < 4.78 is 0. The topological polar surface area (TPSA) is 54.0 Å². The summed E-state index contributed by atoms with van der Waals surface area (Å²) in [6.07, 6.45) is 1.71. The molecule has 3 rings (SSSR count). The van der Waals surface area contributed by atoms with Gasteiger partial charge >= 0.3 is 0 Å². The van der Waals surface area contributed by atoms with Crippen LogP contribution in [0.15, 0.2) is 54.0 Å². The zero-order valence-corrected chi connectivity index (χ0v) is 13.8. The van der Waals surface area contributed by atoms with Gasteiger partial charge in [0.25, 0.3) is 5.91 Å². The fraction of sp³-hybridized carbons (Fsp3) is 0.111. The summed E-state index contributed by atoms with van der Waals surface area (Å²) in [5.41, 5.74) is 4.31. The third-order valence-corrected chi connectivity index (χ3v) is 4.29. The third-order valence-electron chi connectivity index (χ3n) is 3.42. The first-order valence-corrected chi connectivity index (χ1v) is 8.15. The quantitative estimate of drug-likeness (QED) is 0.728. The van der Waals surface area contributed by atoms with Crippen LogP contribution in [0.25, 0.3) is 0 Å². The number of benzene rings is 1. The predicted molar refractivity (Wildman–Crippen MR) is 95.7 cm³/mol. The van der Waals surface area contributed by atoms with E-state index in [4.69, 9.17) is 0 Å². The number of hydrogen-bond acceptors (Lipinski definition) is 4. The van der Waals surface area contributed by atoms with Gasteiger partial charge in [-0.25, -0.2) is 4.98 Å². The standard InChI is InChI=1S/C18H17N3OS/c1-12-5-6-13(2)15(10-12)20-14-7-8-17(19-11-14)21-18(22)16-4-3-9-23-16/h3-11,20H,1-2H3,(H,19,21,22). The number of hydrogen-bond donors (Lipinski definition) is 2. The molecule has 2 aromatic heterocycles. The second kappa shape index (κ2) is 6.62. The number of amides is 1. The Labute approximate surface area is 139 Å². The van der Waals surface area contributed by atoms with E-state index in [9.17, 15) is 4.79 Å². The largest absolute Gasteiger partial charge is 0.354 e. The number of aryl methyl sites for hydroxylation is 2. The molecule has 2 heterocycles. The van der Waals surface area contributed by atoms with Gasteiger partial charge in [-0.2, -0.15) is 0 Å². The molecule has 4 nitrogen and oxygen atoms in total. The van der Waals surface area contributed by atoms with Gasteiger partial charge in [-0.05, 0) is 54.6 Å². The lowest BCUT2D eigenvalue weighted by molar-refractivity contribution is 0.103. The lowest BCUT2D eigenvalue weighted by Gasteiger charge is -2.11. The highest BCUT2D eigenvalue weighted by atomic mass is 32.1. The van der Waals surface area contributed by atoms with Gasteiger partial charge in [0, 0.05) is 5.69 Å². The van der Waals surface area contributed by atoms with E-state index in [1.54, 1.807) is 18.3 Å². The molecule has 0 bridgehead atoms. The Kier molecular flexibility index (Phi) is 4.39. The van der Waals surface area contributed by atoms with Crippen LogP contribution in [-0.2, 0) is 0 Å². The van der Waals surface area contributed by atoms with Gasteiger partial charge in [-0.3, -0.25) is 4.79 Å². The van der Waals surface area contributed by atoms with Crippen LogP contribution in [0.5, 0.6) is 0 Å². The van der Waals surface area contributed by atoms with Crippen molar-refractivity contribution in [3.63, 3.8) is 0 Å². The maximum Gasteiger partial charge on any atom is 0.266 e.